The SMILES string of the molecule is Cc1nc2ccccc2n1CCCNC(=O)C1CC1c1cccc(Br)c1. The van der Waals surface area contributed by atoms with Gasteiger partial charge in [-0.25, -0.2) is 4.98 Å². The number of hydrogen-bond acceptors (Lipinski definition) is 2. The number of aryl methyl sites for hydroxylation is 2. The highest BCUT2D eigenvalue weighted by Crippen LogP contribution is 2.47. The molecule has 1 amide bonds. The van der Waals surface area contributed by atoms with Crippen molar-refractivity contribution < 1.29 is 4.79 Å². The fraction of sp³-hybridized carbons (Fsp3) is 0.333. The third-order valence-corrected chi connectivity index (χ3v) is 5.60. The first-order valence-electron chi connectivity index (χ1n) is 9.08. The van der Waals surface area contributed by atoms with E-state index in [1.807, 2.05) is 37.3 Å². The van der Waals surface area contributed by atoms with Gasteiger partial charge in [-0.15, -0.1) is 0 Å². The lowest BCUT2D eigenvalue weighted by atomic mass is 10.1. The first-order valence-corrected chi connectivity index (χ1v) is 9.88. The lowest BCUT2D eigenvalue weighted by molar-refractivity contribution is -0.122. The smallest absolute Gasteiger partial charge is 0.223 e. The van der Waals surface area contributed by atoms with Gasteiger partial charge in [0.2, 0.25) is 5.91 Å². The van der Waals surface area contributed by atoms with Crippen molar-refractivity contribution in [1.82, 2.24) is 14.9 Å². The molecule has 2 atom stereocenters. The molecule has 26 heavy (non-hydrogen) atoms. The van der Waals surface area contributed by atoms with E-state index in [9.17, 15) is 4.79 Å². The lowest BCUT2D eigenvalue weighted by Crippen LogP contribution is -2.27. The maximum atomic E-state index is 12.4. The van der Waals surface area contributed by atoms with E-state index in [0.717, 1.165) is 40.7 Å². The van der Waals surface area contributed by atoms with E-state index in [1.54, 1.807) is 0 Å². The molecular formula is C21H22BrN3O. The number of carbonyl (C=O) groups excluding carboxylic acids is 1. The summed E-state index contributed by atoms with van der Waals surface area (Å²) in [5, 5.41) is 3.10. The summed E-state index contributed by atoms with van der Waals surface area (Å²) in [6, 6.07) is 16.5. The van der Waals surface area contributed by atoms with Crippen molar-refractivity contribution in [3.8, 4) is 0 Å². The molecule has 1 aliphatic carbocycles. The number of para-hydroxylation sites is 2. The third-order valence-electron chi connectivity index (χ3n) is 5.11. The van der Waals surface area contributed by atoms with Gasteiger partial charge in [-0.3, -0.25) is 4.79 Å². The van der Waals surface area contributed by atoms with Gasteiger partial charge >= 0.3 is 0 Å². The van der Waals surface area contributed by atoms with Gasteiger partial charge in [-0.05, 0) is 55.5 Å². The quantitative estimate of drug-likeness (QED) is 0.610. The average Bonchev–Trinajstić information content (AvgIpc) is 3.37. The zero-order valence-electron chi connectivity index (χ0n) is 14.8. The van der Waals surface area contributed by atoms with Crippen molar-refractivity contribution >= 4 is 32.9 Å². The predicted octanol–water partition coefficient (Wildman–Crippen LogP) is 4.42. The molecule has 1 aliphatic rings. The summed E-state index contributed by atoms with van der Waals surface area (Å²) in [4.78, 5) is 17.0. The molecule has 0 bridgehead atoms. The van der Waals surface area contributed by atoms with Crippen LogP contribution in [0.4, 0.5) is 0 Å². The van der Waals surface area contributed by atoms with E-state index < -0.39 is 0 Å². The third kappa shape index (κ3) is 3.54. The minimum absolute atomic E-state index is 0.125. The maximum Gasteiger partial charge on any atom is 0.223 e. The summed E-state index contributed by atoms with van der Waals surface area (Å²) in [6.07, 6.45) is 1.86. The highest BCUT2D eigenvalue weighted by Gasteiger charge is 2.43. The predicted molar refractivity (Wildman–Crippen MR) is 107 cm³/mol. The summed E-state index contributed by atoms with van der Waals surface area (Å²) in [5.41, 5.74) is 3.44. The number of aromatic nitrogens is 2. The number of nitrogens with zero attached hydrogens (tertiary/aromatic N) is 2. The van der Waals surface area contributed by atoms with Crippen LogP contribution in [0.5, 0.6) is 0 Å². The Morgan fingerprint density at radius 1 is 1.27 bits per heavy atom. The molecule has 1 heterocycles. The van der Waals surface area contributed by atoms with Gasteiger partial charge in [0.15, 0.2) is 0 Å². The van der Waals surface area contributed by atoms with Crippen LogP contribution in [0.15, 0.2) is 53.0 Å². The summed E-state index contributed by atoms with van der Waals surface area (Å²) < 4.78 is 3.30. The minimum atomic E-state index is 0.125. The van der Waals surface area contributed by atoms with E-state index in [-0.39, 0.29) is 11.8 Å². The number of halogens is 1. The van der Waals surface area contributed by atoms with Crippen molar-refractivity contribution in [3.63, 3.8) is 0 Å². The van der Waals surface area contributed by atoms with Crippen LogP contribution < -0.4 is 5.32 Å². The molecular weight excluding hydrogens is 390 g/mol. The topological polar surface area (TPSA) is 46.9 Å². The molecule has 4 nitrogen and oxygen atoms in total. The summed E-state index contributed by atoms with van der Waals surface area (Å²) in [5.74, 6) is 1.70. The second-order valence-corrected chi connectivity index (χ2v) is 7.86. The van der Waals surface area contributed by atoms with Crippen LogP contribution in [-0.4, -0.2) is 22.0 Å². The molecule has 1 aromatic heterocycles. The number of benzene rings is 2. The van der Waals surface area contributed by atoms with Crippen LogP contribution in [0.2, 0.25) is 0 Å². The van der Waals surface area contributed by atoms with Gasteiger partial charge in [0.1, 0.15) is 5.82 Å². The Hall–Kier alpha value is -2.14. The standard InChI is InChI=1S/C21H22BrN3O/c1-14-24-19-8-2-3-9-20(19)25(14)11-5-10-23-21(26)18-13-17(18)15-6-4-7-16(22)12-15/h2-4,6-9,12,17-18H,5,10-11,13H2,1H3,(H,23,26). The van der Waals surface area contributed by atoms with Crippen LogP contribution in [-0.2, 0) is 11.3 Å². The van der Waals surface area contributed by atoms with Crippen LogP contribution in [0.25, 0.3) is 11.0 Å². The second-order valence-electron chi connectivity index (χ2n) is 6.95. The molecule has 5 heteroatoms. The number of fused-ring (bicyclic) bond motifs is 1. The van der Waals surface area contributed by atoms with Gasteiger partial charge in [-0.2, -0.15) is 0 Å². The van der Waals surface area contributed by atoms with Crippen LogP contribution >= 0.6 is 15.9 Å². The van der Waals surface area contributed by atoms with Crippen LogP contribution in [0.3, 0.4) is 0 Å². The molecule has 4 rings (SSSR count). The highest BCUT2D eigenvalue weighted by molar-refractivity contribution is 9.10. The number of hydrogen-bond donors (Lipinski definition) is 1. The molecule has 1 saturated carbocycles. The average molecular weight is 412 g/mol. The van der Waals surface area contributed by atoms with Crippen LogP contribution in [0.1, 0.15) is 30.1 Å². The Balaban J connectivity index is 1.28. The monoisotopic (exact) mass is 411 g/mol. The normalized spacial score (nSPS) is 18.8. The van der Waals surface area contributed by atoms with Gasteiger partial charge in [-0.1, -0.05) is 40.2 Å². The summed E-state index contributed by atoms with van der Waals surface area (Å²) in [6.45, 7) is 3.60. The van der Waals surface area contributed by atoms with E-state index in [2.05, 4.69) is 49.0 Å². The number of carbonyl (C=O) groups is 1. The number of nitrogens with one attached hydrogen (secondary N) is 1. The largest absolute Gasteiger partial charge is 0.356 e. The van der Waals surface area contributed by atoms with E-state index >= 15 is 0 Å². The van der Waals surface area contributed by atoms with Crippen molar-refractivity contribution in [2.24, 2.45) is 5.92 Å². The molecule has 0 saturated heterocycles. The lowest BCUT2D eigenvalue weighted by Gasteiger charge is -2.08. The van der Waals surface area contributed by atoms with Gasteiger partial charge in [0.25, 0.3) is 0 Å². The van der Waals surface area contributed by atoms with Crippen molar-refractivity contribution in [2.45, 2.75) is 32.2 Å². The zero-order chi connectivity index (χ0) is 18.1. The van der Waals surface area contributed by atoms with E-state index in [4.69, 9.17) is 0 Å². The molecule has 0 spiro atoms. The molecule has 0 aliphatic heterocycles. The van der Waals surface area contributed by atoms with Gasteiger partial charge in [0.05, 0.1) is 11.0 Å². The molecule has 1 N–H and O–H groups in total. The maximum absolute atomic E-state index is 12.4. The minimum Gasteiger partial charge on any atom is -0.356 e. The molecule has 134 valence electrons. The fourth-order valence-electron chi connectivity index (χ4n) is 3.65. The van der Waals surface area contributed by atoms with Crippen molar-refractivity contribution in [2.75, 3.05) is 6.54 Å². The molecule has 2 aromatic carbocycles. The van der Waals surface area contributed by atoms with Gasteiger partial charge in [0, 0.05) is 23.5 Å². The van der Waals surface area contributed by atoms with Crippen molar-refractivity contribution in [1.29, 1.82) is 0 Å². The molecule has 0 radical (unpaired) electrons. The Morgan fingerprint density at radius 3 is 2.96 bits per heavy atom. The second kappa shape index (κ2) is 7.23. The summed E-state index contributed by atoms with van der Waals surface area (Å²) >= 11 is 3.50. The first kappa shape index (κ1) is 17.3. The number of rotatable bonds is 6. The Kier molecular flexibility index (Phi) is 4.81. The van der Waals surface area contributed by atoms with E-state index in [1.165, 1.54) is 5.56 Å². The van der Waals surface area contributed by atoms with Crippen LogP contribution in [0, 0.1) is 12.8 Å². The zero-order valence-corrected chi connectivity index (χ0v) is 16.4. The Bertz CT molecular complexity index is 949. The first-order chi connectivity index (χ1) is 12.6. The van der Waals surface area contributed by atoms with Crippen molar-refractivity contribution in [3.05, 3.63) is 64.4 Å². The Labute approximate surface area is 161 Å². The number of amides is 1. The molecule has 3 aromatic rings. The summed E-state index contributed by atoms with van der Waals surface area (Å²) in [7, 11) is 0. The fourth-order valence-corrected chi connectivity index (χ4v) is 4.07. The molecule has 1 fully saturated rings. The number of imidazole rings is 1. The van der Waals surface area contributed by atoms with Gasteiger partial charge < -0.3 is 9.88 Å². The molecule has 2 unspecified atom stereocenters. The van der Waals surface area contributed by atoms with E-state index in [0.29, 0.717) is 12.5 Å². The Morgan fingerprint density at radius 2 is 2.12 bits per heavy atom. The highest BCUT2D eigenvalue weighted by atomic mass is 79.9.